The van der Waals surface area contributed by atoms with E-state index in [2.05, 4.69) is 4.98 Å². The maximum atomic E-state index is 13.3. The molecule has 1 aliphatic rings. The summed E-state index contributed by atoms with van der Waals surface area (Å²) in [5, 5.41) is 0. The first-order valence-electron chi connectivity index (χ1n) is 9.39. The Morgan fingerprint density at radius 3 is 2.59 bits per heavy atom. The van der Waals surface area contributed by atoms with Gasteiger partial charge in [-0.2, -0.15) is 4.31 Å². The zero-order valence-corrected chi connectivity index (χ0v) is 16.8. The second kappa shape index (κ2) is 6.77. The van der Waals surface area contributed by atoms with Crippen molar-refractivity contribution in [3.63, 3.8) is 0 Å². The molecule has 1 saturated heterocycles. The number of hydrogen-bond acceptors (Lipinski definition) is 3. The van der Waals surface area contributed by atoms with Crippen molar-refractivity contribution in [1.29, 1.82) is 0 Å². The summed E-state index contributed by atoms with van der Waals surface area (Å²) in [6.07, 6.45) is 1.78. The lowest BCUT2D eigenvalue weighted by Crippen LogP contribution is -2.39. The van der Waals surface area contributed by atoms with Crippen LogP contribution in [0.15, 0.2) is 41.3 Å². The molecule has 2 aromatic carbocycles. The maximum Gasteiger partial charge on any atom is 0.243 e. The Hall–Kier alpha value is -2.18. The van der Waals surface area contributed by atoms with Crippen LogP contribution in [-0.2, 0) is 10.0 Å². The Labute approximate surface area is 160 Å². The van der Waals surface area contributed by atoms with Crippen molar-refractivity contribution in [2.75, 3.05) is 13.1 Å². The summed E-state index contributed by atoms with van der Waals surface area (Å²) >= 11 is 0. The van der Waals surface area contributed by atoms with Gasteiger partial charge in [-0.3, -0.25) is 0 Å². The van der Waals surface area contributed by atoms with Crippen molar-refractivity contribution in [2.24, 2.45) is 0 Å². The highest BCUT2D eigenvalue weighted by Crippen LogP contribution is 2.31. The predicted octanol–water partition coefficient (Wildman–Crippen LogP) is 4.06. The molecule has 3 aromatic rings. The fourth-order valence-corrected chi connectivity index (χ4v) is 5.72. The first-order chi connectivity index (χ1) is 12.9. The van der Waals surface area contributed by atoms with Crippen LogP contribution in [0, 0.1) is 20.8 Å². The van der Waals surface area contributed by atoms with Gasteiger partial charge in [0.25, 0.3) is 0 Å². The van der Waals surface area contributed by atoms with Gasteiger partial charge in [-0.05, 0) is 68.5 Å². The number of para-hydroxylation sites is 2. The molecule has 0 saturated carbocycles. The molecule has 0 bridgehead atoms. The van der Waals surface area contributed by atoms with Crippen molar-refractivity contribution in [3.8, 4) is 0 Å². The number of nitrogens with zero attached hydrogens (tertiary/aromatic N) is 2. The van der Waals surface area contributed by atoms with Crippen LogP contribution in [0.1, 0.15) is 41.3 Å². The van der Waals surface area contributed by atoms with Gasteiger partial charge in [0, 0.05) is 19.0 Å². The number of rotatable bonds is 3. The van der Waals surface area contributed by atoms with Gasteiger partial charge in [0.2, 0.25) is 10.0 Å². The standard InChI is InChI=1S/C21H25N3O2S/c1-14-11-16(3)20(12-15(14)2)27(25,26)24-10-6-7-17(13-24)21-22-18-8-4-5-9-19(18)23-21/h4-5,8-9,11-12,17H,6-7,10,13H2,1-3H3,(H,22,23). The van der Waals surface area contributed by atoms with Crippen LogP contribution in [0.25, 0.3) is 11.0 Å². The van der Waals surface area contributed by atoms with E-state index in [-0.39, 0.29) is 5.92 Å². The molecule has 142 valence electrons. The third-order valence-electron chi connectivity index (χ3n) is 5.59. The van der Waals surface area contributed by atoms with Crippen LogP contribution in [0.2, 0.25) is 0 Å². The van der Waals surface area contributed by atoms with E-state index < -0.39 is 10.0 Å². The molecule has 4 rings (SSSR count). The topological polar surface area (TPSA) is 66.1 Å². The van der Waals surface area contributed by atoms with Gasteiger partial charge in [0.15, 0.2) is 0 Å². The van der Waals surface area contributed by atoms with Gasteiger partial charge in [-0.1, -0.05) is 18.2 Å². The zero-order valence-electron chi connectivity index (χ0n) is 16.0. The minimum atomic E-state index is -3.51. The molecule has 1 aromatic heterocycles. The fourth-order valence-electron chi connectivity index (χ4n) is 3.90. The Morgan fingerprint density at radius 2 is 1.81 bits per heavy atom. The van der Waals surface area contributed by atoms with Crippen molar-refractivity contribution < 1.29 is 8.42 Å². The fraction of sp³-hybridized carbons (Fsp3) is 0.381. The highest BCUT2D eigenvalue weighted by molar-refractivity contribution is 7.89. The van der Waals surface area contributed by atoms with Crippen molar-refractivity contribution in [2.45, 2.75) is 44.4 Å². The number of fused-ring (bicyclic) bond motifs is 1. The maximum absolute atomic E-state index is 13.3. The SMILES string of the molecule is Cc1cc(C)c(S(=O)(=O)N2CCCC(c3nc4ccccc4[nH]3)C2)cc1C. The van der Waals surface area contributed by atoms with E-state index in [1.807, 2.05) is 57.2 Å². The van der Waals surface area contributed by atoms with Crippen LogP contribution in [0.4, 0.5) is 0 Å². The van der Waals surface area contributed by atoms with Crippen molar-refractivity contribution in [1.82, 2.24) is 14.3 Å². The average Bonchev–Trinajstić information content (AvgIpc) is 3.09. The third kappa shape index (κ3) is 3.28. The quantitative estimate of drug-likeness (QED) is 0.742. The van der Waals surface area contributed by atoms with Gasteiger partial charge >= 0.3 is 0 Å². The average molecular weight is 384 g/mol. The minimum absolute atomic E-state index is 0.0905. The Bertz CT molecular complexity index is 1070. The molecule has 1 atom stereocenters. The molecular weight excluding hydrogens is 358 g/mol. The van der Waals surface area contributed by atoms with Crippen LogP contribution in [0.5, 0.6) is 0 Å². The first-order valence-corrected chi connectivity index (χ1v) is 10.8. The van der Waals surface area contributed by atoms with E-state index in [9.17, 15) is 8.42 Å². The first kappa shape index (κ1) is 18.2. The summed E-state index contributed by atoms with van der Waals surface area (Å²) in [5.41, 5.74) is 4.86. The van der Waals surface area contributed by atoms with Gasteiger partial charge < -0.3 is 4.98 Å². The van der Waals surface area contributed by atoms with Crippen molar-refractivity contribution >= 4 is 21.1 Å². The van der Waals surface area contributed by atoms with E-state index in [0.29, 0.717) is 18.0 Å². The zero-order chi connectivity index (χ0) is 19.2. The van der Waals surface area contributed by atoms with Crippen LogP contribution >= 0.6 is 0 Å². The van der Waals surface area contributed by atoms with E-state index in [4.69, 9.17) is 4.98 Å². The van der Waals surface area contributed by atoms with Gasteiger partial charge in [0.1, 0.15) is 5.82 Å². The molecule has 5 nitrogen and oxygen atoms in total. The number of piperidine rings is 1. The monoisotopic (exact) mass is 383 g/mol. The minimum Gasteiger partial charge on any atom is -0.342 e. The Morgan fingerprint density at radius 1 is 1.07 bits per heavy atom. The molecule has 0 aliphatic carbocycles. The van der Waals surface area contributed by atoms with Crippen LogP contribution in [0.3, 0.4) is 0 Å². The van der Waals surface area contributed by atoms with Crippen molar-refractivity contribution in [3.05, 3.63) is 58.9 Å². The number of aromatic amines is 1. The molecular formula is C21H25N3O2S. The number of benzene rings is 2. The second-order valence-corrected chi connectivity index (χ2v) is 9.45. The number of H-pyrrole nitrogens is 1. The normalized spacial score (nSPS) is 18.9. The number of nitrogens with one attached hydrogen (secondary N) is 1. The summed E-state index contributed by atoms with van der Waals surface area (Å²) < 4.78 is 28.3. The summed E-state index contributed by atoms with van der Waals surface area (Å²) in [6.45, 7) is 6.87. The lowest BCUT2D eigenvalue weighted by Gasteiger charge is -2.31. The summed E-state index contributed by atoms with van der Waals surface area (Å²) in [7, 11) is -3.51. The molecule has 2 heterocycles. The van der Waals surface area contributed by atoms with E-state index in [1.54, 1.807) is 4.31 Å². The third-order valence-corrected chi connectivity index (χ3v) is 7.59. The Balaban J connectivity index is 1.65. The Kier molecular flexibility index (Phi) is 4.56. The van der Waals surface area contributed by atoms with Crippen LogP contribution in [-0.4, -0.2) is 35.8 Å². The van der Waals surface area contributed by atoms with E-state index in [1.165, 1.54) is 0 Å². The number of imidazole rings is 1. The molecule has 6 heteroatoms. The molecule has 0 spiro atoms. The summed E-state index contributed by atoms with van der Waals surface area (Å²) in [4.78, 5) is 8.49. The molecule has 0 amide bonds. The molecule has 1 N–H and O–H groups in total. The molecule has 1 fully saturated rings. The summed E-state index contributed by atoms with van der Waals surface area (Å²) in [5.74, 6) is 0.973. The smallest absolute Gasteiger partial charge is 0.243 e. The highest BCUT2D eigenvalue weighted by atomic mass is 32.2. The number of aromatic nitrogens is 2. The summed E-state index contributed by atoms with van der Waals surface area (Å²) in [6, 6.07) is 11.7. The van der Waals surface area contributed by atoms with Gasteiger partial charge in [0.05, 0.1) is 15.9 Å². The van der Waals surface area contributed by atoms with E-state index in [0.717, 1.165) is 46.4 Å². The molecule has 27 heavy (non-hydrogen) atoms. The highest BCUT2D eigenvalue weighted by Gasteiger charge is 2.33. The predicted molar refractivity (Wildman–Crippen MR) is 107 cm³/mol. The number of sulfonamides is 1. The lowest BCUT2D eigenvalue weighted by atomic mass is 9.99. The number of hydrogen-bond donors (Lipinski definition) is 1. The molecule has 1 aliphatic heterocycles. The largest absolute Gasteiger partial charge is 0.342 e. The van der Waals surface area contributed by atoms with E-state index >= 15 is 0 Å². The van der Waals surface area contributed by atoms with Gasteiger partial charge in [-0.25, -0.2) is 13.4 Å². The number of aryl methyl sites for hydroxylation is 3. The molecule has 1 unspecified atom stereocenters. The van der Waals surface area contributed by atoms with Crippen LogP contribution < -0.4 is 0 Å². The second-order valence-electron chi connectivity index (χ2n) is 7.54. The lowest BCUT2D eigenvalue weighted by molar-refractivity contribution is 0.310. The van der Waals surface area contributed by atoms with Gasteiger partial charge in [-0.15, -0.1) is 0 Å². The molecule has 0 radical (unpaired) electrons.